The Kier molecular flexibility index (Phi) is 10.2. The highest BCUT2D eigenvalue weighted by molar-refractivity contribution is 6.30. The fourth-order valence-electron chi connectivity index (χ4n) is 3.00. The molecule has 3 rings (SSSR count). The molecule has 0 nitrogen and oxygen atoms in total. The Hall–Kier alpha value is -2.05. The summed E-state index contributed by atoms with van der Waals surface area (Å²) in [5.41, 5.74) is 6.28. The van der Waals surface area contributed by atoms with Crippen molar-refractivity contribution in [2.24, 2.45) is 0 Å². The fraction of sp³-hybridized carbons (Fsp3) is 0.419. The molecular weight excluding hydrogens is 408 g/mol. The highest BCUT2D eigenvalue weighted by Crippen LogP contribution is 2.24. The second kappa shape index (κ2) is 11.7. The van der Waals surface area contributed by atoms with Crippen molar-refractivity contribution in [2.75, 3.05) is 0 Å². The Morgan fingerprint density at radius 3 is 1.22 bits per heavy atom. The molecule has 0 bridgehead atoms. The average molecular weight is 451 g/mol. The zero-order valence-electron chi connectivity index (χ0n) is 21.9. The monoisotopic (exact) mass is 450 g/mol. The molecule has 174 valence electrons. The Labute approximate surface area is 203 Å². The second-order valence-electron chi connectivity index (χ2n) is 11.5. The van der Waals surface area contributed by atoms with Crippen LogP contribution < -0.4 is 0 Å². The van der Waals surface area contributed by atoms with Crippen molar-refractivity contribution in [1.82, 2.24) is 0 Å². The SMILES string of the molecule is CC(C)(C)c1ccc(Cl)cc1.CC(C)(C)c1ccccc1.Cc1cccc(C(C)(C)C)c1. The van der Waals surface area contributed by atoms with Crippen LogP contribution in [0.25, 0.3) is 0 Å². The van der Waals surface area contributed by atoms with Crippen LogP contribution in [0, 0.1) is 6.92 Å². The molecule has 0 spiro atoms. The van der Waals surface area contributed by atoms with E-state index in [1.54, 1.807) is 0 Å². The lowest BCUT2D eigenvalue weighted by Gasteiger charge is -2.19. The molecular formula is C31H43Cl. The summed E-state index contributed by atoms with van der Waals surface area (Å²) in [7, 11) is 0. The first-order chi connectivity index (χ1) is 14.6. The molecule has 0 atom stereocenters. The average Bonchev–Trinajstić information content (AvgIpc) is 2.68. The maximum atomic E-state index is 5.76. The molecule has 3 aromatic rings. The van der Waals surface area contributed by atoms with Gasteiger partial charge in [0.15, 0.2) is 0 Å². The third kappa shape index (κ3) is 10.5. The lowest BCUT2D eigenvalue weighted by molar-refractivity contribution is 0.589. The van der Waals surface area contributed by atoms with Crippen molar-refractivity contribution in [3.63, 3.8) is 0 Å². The highest BCUT2D eigenvalue weighted by Gasteiger charge is 2.13. The molecule has 0 aromatic heterocycles. The molecule has 0 saturated heterocycles. The van der Waals surface area contributed by atoms with E-state index in [2.05, 4.69) is 136 Å². The van der Waals surface area contributed by atoms with Gasteiger partial charge in [0.2, 0.25) is 0 Å². The zero-order valence-corrected chi connectivity index (χ0v) is 22.6. The van der Waals surface area contributed by atoms with Gasteiger partial charge in [-0.1, -0.05) is 146 Å². The van der Waals surface area contributed by atoms with Crippen LogP contribution in [0.2, 0.25) is 5.02 Å². The van der Waals surface area contributed by atoms with Crippen LogP contribution in [-0.4, -0.2) is 0 Å². The summed E-state index contributed by atoms with van der Waals surface area (Å²) < 4.78 is 0. The molecule has 0 aliphatic heterocycles. The van der Waals surface area contributed by atoms with Crippen molar-refractivity contribution in [1.29, 1.82) is 0 Å². The normalized spacial score (nSPS) is 11.6. The maximum absolute atomic E-state index is 5.76. The van der Waals surface area contributed by atoms with Gasteiger partial charge in [-0.3, -0.25) is 0 Å². The minimum atomic E-state index is 0.227. The van der Waals surface area contributed by atoms with E-state index < -0.39 is 0 Å². The van der Waals surface area contributed by atoms with Crippen molar-refractivity contribution in [2.45, 2.75) is 85.5 Å². The Balaban J connectivity index is 0.000000240. The summed E-state index contributed by atoms with van der Waals surface area (Å²) in [5, 5.41) is 0.804. The molecule has 0 aliphatic carbocycles. The Bertz CT molecular complexity index is 915. The molecule has 0 amide bonds. The van der Waals surface area contributed by atoms with Crippen LogP contribution in [0.1, 0.15) is 84.6 Å². The summed E-state index contributed by atoms with van der Waals surface area (Å²) in [6.07, 6.45) is 0. The standard InChI is InChI=1S/C11H16.C10H13Cl.C10H14/c1-9-6-5-7-10(8-9)11(2,3)4;1-10(2,3)8-4-6-9(11)7-5-8;1-10(2,3)9-7-5-4-6-8-9/h5-8H,1-4H3;4-7H,1-3H3;4-8H,1-3H3. The summed E-state index contributed by atoms with van der Waals surface area (Å²) in [6, 6.07) is 27.3. The van der Waals surface area contributed by atoms with Crippen LogP contribution in [-0.2, 0) is 16.2 Å². The predicted octanol–water partition coefficient (Wildman–Crippen LogP) is 9.91. The second-order valence-corrected chi connectivity index (χ2v) is 11.9. The maximum Gasteiger partial charge on any atom is 0.0406 e. The molecule has 0 fully saturated rings. The number of benzene rings is 3. The van der Waals surface area contributed by atoms with Crippen LogP contribution in [0.5, 0.6) is 0 Å². The minimum Gasteiger partial charge on any atom is -0.0843 e. The molecule has 1 heteroatoms. The van der Waals surface area contributed by atoms with Crippen molar-refractivity contribution in [3.8, 4) is 0 Å². The largest absolute Gasteiger partial charge is 0.0843 e. The minimum absolute atomic E-state index is 0.227. The van der Waals surface area contributed by atoms with E-state index in [0.29, 0.717) is 5.41 Å². The van der Waals surface area contributed by atoms with E-state index >= 15 is 0 Å². The molecule has 0 unspecified atom stereocenters. The quantitative estimate of drug-likeness (QED) is 0.319. The van der Waals surface area contributed by atoms with E-state index in [4.69, 9.17) is 11.6 Å². The van der Waals surface area contributed by atoms with Crippen LogP contribution in [0.3, 0.4) is 0 Å². The highest BCUT2D eigenvalue weighted by atomic mass is 35.5. The first kappa shape index (κ1) is 28.0. The summed E-state index contributed by atoms with van der Waals surface area (Å²) in [5.74, 6) is 0. The van der Waals surface area contributed by atoms with Gasteiger partial charge in [-0.2, -0.15) is 0 Å². The molecule has 0 heterocycles. The topological polar surface area (TPSA) is 0 Å². The van der Waals surface area contributed by atoms with Crippen molar-refractivity contribution in [3.05, 3.63) is 106 Å². The summed E-state index contributed by atoms with van der Waals surface area (Å²) >= 11 is 5.76. The third-order valence-corrected chi connectivity index (χ3v) is 5.49. The summed E-state index contributed by atoms with van der Waals surface area (Å²) in [6.45, 7) is 22.1. The van der Waals surface area contributed by atoms with Gasteiger partial charge >= 0.3 is 0 Å². The molecule has 0 radical (unpaired) electrons. The first-order valence-corrected chi connectivity index (χ1v) is 11.9. The number of rotatable bonds is 0. The van der Waals surface area contributed by atoms with Crippen LogP contribution in [0.4, 0.5) is 0 Å². The van der Waals surface area contributed by atoms with Gasteiger partial charge in [0.25, 0.3) is 0 Å². The van der Waals surface area contributed by atoms with Crippen molar-refractivity contribution >= 4 is 11.6 Å². The van der Waals surface area contributed by atoms with E-state index in [1.807, 2.05) is 12.1 Å². The summed E-state index contributed by atoms with van der Waals surface area (Å²) in [4.78, 5) is 0. The lowest BCUT2D eigenvalue weighted by atomic mass is 9.86. The van der Waals surface area contributed by atoms with E-state index in [0.717, 1.165) is 5.02 Å². The smallest absolute Gasteiger partial charge is 0.0406 e. The van der Waals surface area contributed by atoms with Gasteiger partial charge in [-0.25, -0.2) is 0 Å². The van der Waals surface area contributed by atoms with E-state index in [9.17, 15) is 0 Å². The number of hydrogen-bond donors (Lipinski definition) is 0. The van der Waals surface area contributed by atoms with Gasteiger partial charge in [-0.15, -0.1) is 0 Å². The number of aryl methyl sites for hydroxylation is 1. The predicted molar refractivity (Wildman–Crippen MR) is 145 cm³/mol. The Morgan fingerprint density at radius 2 is 0.875 bits per heavy atom. The fourth-order valence-corrected chi connectivity index (χ4v) is 3.13. The number of hydrogen-bond acceptors (Lipinski definition) is 0. The molecule has 0 aliphatic rings. The molecule has 32 heavy (non-hydrogen) atoms. The van der Waals surface area contributed by atoms with Crippen LogP contribution >= 0.6 is 11.6 Å². The van der Waals surface area contributed by atoms with Gasteiger partial charge < -0.3 is 0 Å². The van der Waals surface area contributed by atoms with Gasteiger partial charge in [-0.05, 0) is 52.0 Å². The number of halogens is 1. The zero-order chi connectivity index (χ0) is 24.6. The third-order valence-electron chi connectivity index (χ3n) is 5.23. The molecule has 3 aromatic carbocycles. The molecule has 0 saturated carbocycles. The Morgan fingerprint density at radius 1 is 0.469 bits per heavy atom. The van der Waals surface area contributed by atoms with Gasteiger partial charge in [0.1, 0.15) is 0 Å². The van der Waals surface area contributed by atoms with Gasteiger partial charge in [0, 0.05) is 5.02 Å². The molecule has 0 N–H and O–H groups in total. The van der Waals surface area contributed by atoms with Crippen molar-refractivity contribution < 1.29 is 0 Å². The van der Waals surface area contributed by atoms with E-state index in [-0.39, 0.29) is 10.8 Å². The van der Waals surface area contributed by atoms with E-state index in [1.165, 1.54) is 22.3 Å². The van der Waals surface area contributed by atoms with Crippen LogP contribution in [0.15, 0.2) is 78.9 Å². The first-order valence-electron chi connectivity index (χ1n) is 11.5. The lowest BCUT2D eigenvalue weighted by Crippen LogP contribution is -2.10. The van der Waals surface area contributed by atoms with Gasteiger partial charge in [0.05, 0.1) is 0 Å².